The molecule has 112 valence electrons. The molecule has 2 unspecified atom stereocenters. The molecule has 1 aromatic carbocycles. The van der Waals surface area contributed by atoms with Gasteiger partial charge in [-0.15, -0.1) is 11.8 Å². The van der Waals surface area contributed by atoms with Crippen LogP contribution in [0.4, 0.5) is 0 Å². The lowest BCUT2D eigenvalue weighted by Crippen LogP contribution is -2.23. The van der Waals surface area contributed by atoms with Crippen molar-refractivity contribution in [1.82, 2.24) is 9.78 Å². The van der Waals surface area contributed by atoms with Gasteiger partial charge < -0.3 is 5.11 Å². The summed E-state index contributed by atoms with van der Waals surface area (Å²) in [5, 5.41) is 15.2. The maximum Gasteiger partial charge on any atom is 0.0738 e. The summed E-state index contributed by atoms with van der Waals surface area (Å²) >= 11 is 5.45. The van der Waals surface area contributed by atoms with Gasteiger partial charge in [0.1, 0.15) is 0 Å². The first kappa shape index (κ1) is 15.1. The second-order valence-electron chi connectivity index (χ2n) is 5.39. The molecule has 0 fully saturated rings. The topological polar surface area (TPSA) is 38.0 Å². The number of thioether (sulfide) groups is 1. The second kappa shape index (κ2) is 6.15. The van der Waals surface area contributed by atoms with Gasteiger partial charge >= 0.3 is 0 Å². The first-order valence-electron chi connectivity index (χ1n) is 7.23. The Morgan fingerprint density at radius 1 is 1.48 bits per heavy atom. The molecule has 0 saturated heterocycles. The van der Waals surface area contributed by atoms with Gasteiger partial charge in [0.15, 0.2) is 0 Å². The van der Waals surface area contributed by atoms with Crippen molar-refractivity contribution < 1.29 is 5.11 Å². The van der Waals surface area contributed by atoms with Crippen LogP contribution in [-0.2, 0) is 13.0 Å². The molecule has 0 spiro atoms. The minimum Gasteiger partial charge on any atom is -0.392 e. The summed E-state index contributed by atoms with van der Waals surface area (Å²) in [7, 11) is 0. The molecule has 3 rings (SSSR count). The Bertz CT molecular complexity index is 656. The number of halogens is 1. The van der Waals surface area contributed by atoms with E-state index < -0.39 is 0 Å². The Kier molecular flexibility index (Phi) is 4.43. The van der Waals surface area contributed by atoms with Crippen LogP contribution in [0, 0.1) is 6.92 Å². The highest BCUT2D eigenvalue weighted by Gasteiger charge is 2.30. The van der Waals surface area contributed by atoms with Crippen LogP contribution in [0.1, 0.15) is 29.8 Å². The van der Waals surface area contributed by atoms with E-state index in [4.69, 9.17) is 0 Å². The van der Waals surface area contributed by atoms with Crippen LogP contribution >= 0.6 is 27.7 Å². The van der Waals surface area contributed by atoms with Crippen LogP contribution in [0.15, 0.2) is 33.6 Å². The molecule has 0 bridgehead atoms. The average Bonchev–Trinajstić information content (AvgIpc) is 3.03. The number of aromatic nitrogens is 2. The van der Waals surface area contributed by atoms with E-state index in [-0.39, 0.29) is 12.0 Å². The lowest BCUT2D eigenvalue weighted by atomic mass is 9.92. The van der Waals surface area contributed by atoms with Gasteiger partial charge in [-0.05, 0) is 41.4 Å². The first-order valence-corrected chi connectivity index (χ1v) is 9.01. The fourth-order valence-electron chi connectivity index (χ4n) is 2.91. The standard InChI is InChI=1S/C16H19BrN2OS/c1-3-19-13(16(17)10(2)18-19)8-14(20)12-9-21-15-7-5-4-6-11(12)15/h4-7,12,14,20H,3,8-9H2,1-2H3. The Morgan fingerprint density at radius 3 is 3.00 bits per heavy atom. The third-order valence-corrected chi connectivity index (χ3v) is 6.30. The molecule has 0 aliphatic carbocycles. The summed E-state index contributed by atoms with van der Waals surface area (Å²) < 4.78 is 3.01. The third-order valence-electron chi connectivity index (χ3n) is 4.06. The van der Waals surface area contributed by atoms with E-state index in [2.05, 4.69) is 52.2 Å². The quantitative estimate of drug-likeness (QED) is 0.894. The van der Waals surface area contributed by atoms with E-state index in [9.17, 15) is 5.11 Å². The van der Waals surface area contributed by atoms with Gasteiger partial charge in [-0.25, -0.2) is 0 Å². The van der Waals surface area contributed by atoms with Crippen molar-refractivity contribution in [3.8, 4) is 0 Å². The summed E-state index contributed by atoms with van der Waals surface area (Å²) in [5.74, 6) is 1.16. The zero-order chi connectivity index (χ0) is 15.0. The molecule has 3 nitrogen and oxygen atoms in total. The highest BCUT2D eigenvalue weighted by molar-refractivity contribution is 9.10. The van der Waals surface area contributed by atoms with E-state index in [1.54, 1.807) is 0 Å². The summed E-state index contributed by atoms with van der Waals surface area (Å²) in [4.78, 5) is 1.31. The molecule has 21 heavy (non-hydrogen) atoms. The van der Waals surface area contributed by atoms with Crippen LogP contribution in [0.25, 0.3) is 0 Å². The fourth-order valence-corrected chi connectivity index (χ4v) is 4.68. The zero-order valence-corrected chi connectivity index (χ0v) is 14.6. The van der Waals surface area contributed by atoms with Crippen LogP contribution < -0.4 is 0 Å². The molecule has 5 heteroatoms. The molecule has 2 aromatic rings. The van der Waals surface area contributed by atoms with Crippen molar-refractivity contribution >= 4 is 27.7 Å². The van der Waals surface area contributed by atoms with Crippen molar-refractivity contribution in [3.63, 3.8) is 0 Å². The highest BCUT2D eigenvalue weighted by atomic mass is 79.9. The zero-order valence-electron chi connectivity index (χ0n) is 12.2. The Morgan fingerprint density at radius 2 is 2.24 bits per heavy atom. The van der Waals surface area contributed by atoms with Crippen molar-refractivity contribution in [1.29, 1.82) is 0 Å². The van der Waals surface area contributed by atoms with Gasteiger partial charge in [-0.3, -0.25) is 4.68 Å². The van der Waals surface area contributed by atoms with Crippen molar-refractivity contribution in [3.05, 3.63) is 45.7 Å². The molecule has 2 atom stereocenters. The van der Waals surface area contributed by atoms with E-state index >= 15 is 0 Å². The maximum absolute atomic E-state index is 10.7. The molecular weight excluding hydrogens is 348 g/mol. The Hall–Kier alpha value is -0.780. The number of fused-ring (bicyclic) bond motifs is 1. The van der Waals surface area contributed by atoms with Gasteiger partial charge in [0.25, 0.3) is 0 Å². The Balaban J connectivity index is 1.83. The van der Waals surface area contributed by atoms with Gasteiger partial charge in [0, 0.05) is 29.5 Å². The summed E-state index contributed by atoms with van der Waals surface area (Å²) in [6.45, 7) is 4.90. The number of hydrogen-bond donors (Lipinski definition) is 1. The smallest absolute Gasteiger partial charge is 0.0738 e. The second-order valence-corrected chi connectivity index (χ2v) is 7.24. The van der Waals surface area contributed by atoms with Gasteiger partial charge in [-0.2, -0.15) is 5.10 Å². The number of nitrogens with zero attached hydrogens (tertiary/aromatic N) is 2. The van der Waals surface area contributed by atoms with Crippen molar-refractivity contribution in [2.24, 2.45) is 0 Å². The molecule has 0 saturated carbocycles. The van der Waals surface area contributed by atoms with E-state index in [1.807, 2.05) is 23.4 Å². The lowest BCUT2D eigenvalue weighted by molar-refractivity contribution is 0.149. The average molecular weight is 367 g/mol. The monoisotopic (exact) mass is 366 g/mol. The maximum atomic E-state index is 10.7. The molecule has 0 amide bonds. The molecular formula is C16H19BrN2OS. The number of hydrogen-bond acceptors (Lipinski definition) is 3. The van der Waals surface area contributed by atoms with Crippen molar-refractivity contribution in [2.45, 2.75) is 43.7 Å². The summed E-state index contributed by atoms with van der Waals surface area (Å²) in [6, 6.07) is 8.40. The normalized spacial score (nSPS) is 18.8. The Labute approximate surface area is 137 Å². The van der Waals surface area contributed by atoms with E-state index in [0.717, 1.165) is 28.2 Å². The SMILES string of the molecule is CCn1nc(C)c(Br)c1CC(O)C1CSc2ccccc21. The van der Waals surface area contributed by atoms with Gasteiger partial charge in [0.2, 0.25) is 0 Å². The third kappa shape index (κ3) is 2.79. The number of benzene rings is 1. The molecule has 2 heterocycles. The van der Waals surface area contributed by atoms with Crippen LogP contribution in [-0.4, -0.2) is 26.7 Å². The fraction of sp³-hybridized carbons (Fsp3) is 0.438. The van der Waals surface area contributed by atoms with Gasteiger partial charge in [-0.1, -0.05) is 18.2 Å². The predicted octanol–water partition coefficient (Wildman–Crippen LogP) is 3.77. The number of aliphatic hydroxyl groups is 1. The molecule has 0 radical (unpaired) electrons. The van der Waals surface area contributed by atoms with Crippen LogP contribution in [0.2, 0.25) is 0 Å². The highest BCUT2D eigenvalue weighted by Crippen LogP contribution is 2.42. The summed E-state index contributed by atoms with van der Waals surface area (Å²) in [5.41, 5.74) is 3.36. The number of aliphatic hydroxyl groups excluding tert-OH is 1. The van der Waals surface area contributed by atoms with E-state index in [0.29, 0.717) is 6.42 Å². The molecule has 1 aliphatic rings. The van der Waals surface area contributed by atoms with Gasteiger partial charge in [0.05, 0.1) is 22.0 Å². The van der Waals surface area contributed by atoms with Crippen LogP contribution in [0.5, 0.6) is 0 Å². The minimum absolute atomic E-state index is 0.207. The molecule has 1 aliphatic heterocycles. The molecule has 1 N–H and O–H groups in total. The first-order chi connectivity index (χ1) is 10.1. The van der Waals surface area contributed by atoms with Crippen molar-refractivity contribution in [2.75, 3.05) is 5.75 Å². The molecule has 1 aromatic heterocycles. The number of rotatable bonds is 4. The van der Waals surface area contributed by atoms with Crippen LogP contribution in [0.3, 0.4) is 0 Å². The minimum atomic E-state index is -0.376. The largest absolute Gasteiger partial charge is 0.392 e. The lowest BCUT2D eigenvalue weighted by Gasteiger charge is -2.19. The summed E-state index contributed by atoms with van der Waals surface area (Å²) in [6.07, 6.45) is 0.258. The van der Waals surface area contributed by atoms with E-state index in [1.165, 1.54) is 10.5 Å². The number of aryl methyl sites for hydroxylation is 2. The predicted molar refractivity (Wildman–Crippen MR) is 90.0 cm³/mol.